The molecule has 17 heavy (non-hydrogen) atoms. The molecule has 92 valence electrons. The Kier molecular flexibility index (Phi) is 2.09. The molecular weight excluding hydrogens is 214 g/mol. The van der Waals surface area contributed by atoms with Gasteiger partial charge in [0.15, 0.2) is 0 Å². The lowest BCUT2D eigenvalue weighted by Crippen LogP contribution is -2.49. The molecule has 0 radical (unpaired) electrons. The van der Waals surface area contributed by atoms with E-state index in [0.29, 0.717) is 11.8 Å². The van der Waals surface area contributed by atoms with Crippen LogP contribution in [0.3, 0.4) is 0 Å². The molecular formula is C14H19NO2. The number of hydrogen-bond acceptors (Lipinski definition) is 2. The van der Waals surface area contributed by atoms with E-state index in [-0.39, 0.29) is 11.3 Å². The highest BCUT2D eigenvalue weighted by Gasteiger charge is 2.49. The van der Waals surface area contributed by atoms with E-state index in [0.717, 1.165) is 18.5 Å². The third-order valence-corrected chi connectivity index (χ3v) is 4.78. The van der Waals surface area contributed by atoms with E-state index >= 15 is 0 Å². The molecule has 1 aromatic heterocycles. The summed E-state index contributed by atoms with van der Waals surface area (Å²) < 4.78 is 1.69. The molecule has 0 amide bonds. The minimum atomic E-state index is -0.881. The summed E-state index contributed by atoms with van der Waals surface area (Å²) in [6.45, 7) is 6.24. The molecule has 0 saturated carbocycles. The van der Waals surface area contributed by atoms with Crippen LogP contribution in [0.4, 0.5) is 0 Å². The van der Waals surface area contributed by atoms with E-state index in [1.54, 1.807) is 4.57 Å². The second kappa shape index (κ2) is 3.22. The second-order valence-electron chi connectivity index (χ2n) is 6.12. The molecule has 3 nitrogen and oxygen atoms in total. The summed E-state index contributed by atoms with van der Waals surface area (Å²) in [4.78, 5) is 12.2. The molecule has 3 heteroatoms. The first kappa shape index (κ1) is 11.0. The van der Waals surface area contributed by atoms with E-state index in [1.165, 1.54) is 5.56 Å². The van der Waals surface area contributed by atoms with Crippen molar-refractivity contribution in [3.63, 3.8) is 0 Å². The van der Waals surface area contributed by atoms with Crippen molar-refractivity contribution in [3.8, 4) is 0 Å². The molecule has 3 rings (SSSR count). The van der Waals surface area contributed by atoms with Gasteiger partial charge in [0.2, 0.25) is 0 Å². The SMILES string of the molecule is C[C@H]1CC[C@H]2c3c1ccn3C(=O)[C@@H](O)C2(C)C. The van der Waals surface area contributed by atoms with Gasteiger partial charge in [-0.3, -0.25) is 9.36 Å². The Hall–Kier alpha value is -1.09. The topological polar surface area (TPSA) is 42.2 Å². The monoisotopic (exact) mass is 233 g/mol. The van der Waals surface area contributed by atoms with E-state index < -0.39 is 6.10 Å². The van der Waals surface area contributed by atoms with Gasteiger partial charge < -0.3 is 5.11 Å². The van der Waals surface area contributed by atoms with Gasteiger partial charge >= 0.3 is 0 Å². The molecule has 0 bridgehead atoms. The highest BCUT2D eigenvalue weighted by Crippen LogP contribution is 2.51. The van der Waals surface area contributed by atoms with Gasteiger partial charge in [-0.05, 0) is 30.4 Å². The van der Waals surface area contributed by atoms with Crippen LogP contribution in [0.1, 0.15) is 61.5 Å². The van der Waals surface area contributed by atoms with Crippen molar-refractivity contribution in [1.29, 1.82) is 0 Å². The highest BCUT2D eigenvalue weighted by atomic mass is 16.3. The smallest absolute Gasteiger partial charge is 0.260 e. The molecule has 1 aliphatic carbocycles. The predicted molar refractivity (Wildman–Crippen MR) is 65.2 cm³/mol. The Balaban J connectivity index is 2.25. The zero-order valence-corrected chi connectivity index (χ0v) is 10.6. The molecule has 1 aliphatic heterocycles. The van der Waals surface area contributed by atoms with Crippen molar-refractivity contribution in [1.82, 2.24) is 4.57 Å². The molecule has 2 heterocycles. The zero-order valence-electron chi connectivity index (χ0n) is 10.6. The average molecular weight is 233 g/mol. The summed E-state index contributed by atoms with van der Waals surface area (Å²) in [6.07, 6.45) is 3.16. The number of nitrogens with zero attached hydrogens (tertiary/aromatic N) is 1. The lowest BCUT2D eigenvalue weighted by molar-refractivity contribution is 0.00509. The molecule has 0 saturated heterocycles. The number of carbonyl (C=O) groups is 1. The van der Waals surface area contributed by atoms with Gasteiger partial charge in [0, 0.05) is 23.2 Å². The number of aromatic nitrogens is 1. The summed E-state index contributed by atoms with van der Waals surface area (Å²) in [5.74, 6) is 0.666. The van der Waals surface area contributed by atoms with Gasteiger partial charge in [-0.1, -0.05) is 20.8 Å². The van der Waals surface area contributed by atoms with Crippen LogP contribution in [0, 0.1) is 5.41 Å². The fourth-order valence-corrected chi connectivity index (χ4v) is 3.51. The van der Waals surface area contributed by atoms with E-state index in [9.17, 15) is 9.90 Å². The van der Waals surface area contributed by atoms with Crippen LogP contribution in [-0.4, -0.2) is 21.7 Å². The van der Waals surface area contributed by atoms with Crippen LogP contribution >= 0.6 is 0 Å². The maximum absolute atomic E-state index is 12.2. The van der Waals surface area contributed by atoms with Crippen LogP contribution in [0.25, 0.3) is 0 Å². The van der Waals surface area contributed by atoms with Crippen LogP contribution < -0.4 is 0 Å². The lowest BCUT2D eigenvalue weighted by atomic mass is 9.64. The van der Waals surface area contributed by atoms with Gasteiger partial charge in [-0.25, -0.2) is 0 Å². The molecule has 0 aromatic carbocycles. The largest absolute Gasteiger partial charge is 0.383 e. The zero-order chi connectivity index (χ0) is 12.4. The first-order valence-electron chi connectivity index (χ1n) is 6.38. The van der Waals surface area contributed by atoms with Gasteiger partial charge in [0.25, 0.3) is 5.91 Å². The first-order valence-corrected chi connectivity index (χ1v) is 6.38. The molecule has 2 aliphatic rings. The Bertz CT molecular complexity index is 486. The fourth-order valence-electron chi connectivity index (χ4n) is 3.51. The van der Waals surface area contributed by atoms with Crippen LogP contribution in [0.5, 0.6) is 0 Å². The Labute approximate surface area is 101 Å². The highest BCUT2D eigenvalue weighted by molar-refractivity contribution is 5.87. The maximum Gasteiger partial charge on any atom is 0.260 e. The van der Waals surface area contributed by atoms with Gasteiger partial charge in [0.05, 0.1) is 0 Å². The van der Waals surface area contributed by atoms with Crippen molar-refractivity contribution in [2.45, 2.75) is 51.6 Å². The first-order chi connectivity index (χ1) is 7.94. The van der Waals surface area contributed by atoms with Crippen molar-refractivity contribution in [3.05, 3.63) is 23.5 Å². The summed E-state index contributed by atoms with van der Waals surface area (Å²) >= 11 is 0. The summed E-state index contributed by atoms with van der Waals surface area (Å²) in [5, 5.41) is 10.2. The normalized spacial score (nSPS) is 34.6. The molecule has 0 unspecified atom stereocenters. The Morgan fingerprint density at radius 2 is 2.12 bits per heavy atom. The average Bonchev–Trinajstić information content (AvgIpc) is 2.71. The summed E-state index contributed by atoms with van der Waals surface area (Å²) in [5.41, 5.74) is 2.11. The number of rotatable bonds is 0. The number of hydrogen-bond donors (Lipinski definition) is 1. The third-order valence-electron chi connectivity index (χ3n) is 4.78. The summed E-state index contributed by atoms with van der Waals surface area (Å²) in [7, 11) is 0. The number of aliphatic hydroxyl groups excluding tert-OH is 1. The molecule has 1 N–H and O–H groups in total. The molecule has 1 aromatic rings. The van der Waals surface area contributed by atoms with E-state index in [4.69, 9.17) is 0 Å². The second-order valence-corrected chi connectivity index (χ2v) is 6.12. The van der Waals surface area contributed by atoms with Gasteiger partial charge in [-0.2, -0.15) is 0 Å². The van der Waals surface area contributed by atoms with Gasteiger partial charge in [0.1, 0.15) is 6.10 Å². The van der Waals surface area contributed by atoms with Crippen LogP contribution in [-0.2, 0) is 0 Å². The minimum absolute atomic E-state index is 0.165. The molecule has 0 spiro atoms. The number of aliphatic hydroxyl groups is 1. The Morgan fingerprint density at radius 3 is 2.82 bits per heavy atom. The van der Waals surface area contributed by atoms with E-state index in [2.05, 4.69) is 13.0 Å². The maximum atomic E-state index is 12.2. The quantitative estimate of drug-likeness (QED) is 0.748. The van der Waals surface area contributed by atoms with Crippen molar-refractivity contribution in [2.75, 3.05) is 0 Å². The third kappa shape index (κ3) is 1.23. The standard InChI is InChI=1S/C14H19NO2/c1-8-4-5-10-11-9(8)6-7-15(11)13(17)12(16)14(10,2)3/h6-8,10,12,16H,4-5H2,1-3H3/t8-,10-,12+/m0/s1. The molecule has 0 fully saturated rings. The fraction of sp³-hybridized carbons (Fsp3) is 0.643. The van der Waals surface area contributed by atoms with E-state index in [1.807, 2.05) is 20.0 Å². The van der Waals surface area contributed by atoms with Crippen molar-refractivity contribution in [2.24, 2.45) is 5.41 Å². The number of carbonyl (C=O) groups excluding carboxylic acids is 1. The molecule has 3 atom stereocenters. The lowest BCUT2D eigenvalue weighted by Gasteiger charge is -2.45. The Morgan fingerprint density at radius 1 is 1.41 bits per heavy atom. The minimum Gasteiger partial charge on any atom is -0.383 e. The van der Waals surface area contributed by atoms with Crippen LogP contribution in [0.15, 0.2) is 12.3 Å². The predicted octanol–water partition coefficient (Wildman–Crippen LogP) is 2.51. The van der Waals surface area contributed by atoms with Crippen LogP contribution in [0.2, 0.25) is 0 Å². The van der Waals surface area contributed by atoms with Crippen molar-refractivity contribution >= 4 is 5.91 Å². The summed E-state index contributed by atoms with van der Waals surface area (Å²) in [6, 6.07) is 2.05. The van der Waals surface area contributed by atoms with Gasteiger partial charge in [-0.15, -0.1) is 0 Å². The van der Waals surface area contributed by atoms with Crippen molar-refractivity contribution < 1.29 is 9.90 Å².